The quantitative estimate of drug-likeness (QED) is 0.638. The molecule has 0 radical (unpaired) electrons. The number of non-ortho nitro benzene ring substituents is 1. The van der Waals surface area contributed by atoms with Gasteiger partial charge in [0.2, 0.25) is 0 Å². The van der Waals surface area contributed by atoms with E-state index in [1.54, 1.807) is 6.07 Å². The molecule has 17 heavy (non-hydrogen) atoms. The zero-order valence-corrected chi connectivity index (χ0v) is 10.1. The Morgan fingerprint density at radius 1 is 1.47 bits per heavy atom. The molecule has 0 heterocycles. The SMILES string of the molecule is CNC(C)C(C)c1ccc([N+](=O)[O-])cc1C#N. The van der Waals surface area contributed by atoms with E-state index in [-0.39, 0.29) is 17.6 Å². The predicted octanol–water partition coefficient (Wildman–Crippen LogP) is 2.18. The van der Waals surface area contributed by atoms with Gasteiger partial charge in [0.05, 0.1) is 16.6 Å². The summed E-state index contributed by atoms with van der Waals surface area (Å²) in [6.45, 7) is 4.00. The molecule has 0 saturated carbocycles. The topological polar surface area (TPSA) is 79.0 Å². The molecule has 0 aromatic heterocycles. The van der Waals surface area contributed by atoms with Crippen molar-refractivity contribution in [3.63, 3.8) is 0 Å². The van der Waals surface area contributed by atoms with Crippen LogP contribution in [-0.2, 0) is 0 Å². The highest BCUT2D eigenvalue weighted by Gasteiger charge is 2.18. The summed E-state index contributed by atoms with van der Waals surface area (Å²) in [6.07, 6.45) is 0. The Bertz CT molecular complexity index is 465. The van der Waals surface area contributed by atoms with Crippen LogP contribution in [0.1, 0.15) is 30.9 Å². The lowest BCUT2D eigenvalue weighted by molar-refractivity contribution is -0.384. The largest absolute Gasteiger partial charge is 0.317 e. The molecule has 0 bridgehead atoms. The van der Waals surface area contributed by atoms with Gasteiger partial charge in [0.15, 0.2) is 0 Å². The number of nitriles is 1. The van der Waals surface area contributed by atoms with E-state index in [4.69, 9.17) is 5.26 Å². The van der Waals surface area contributed by atoms with E-state index in [0.717, 1.165) is 5.56 Å². The van der Waals surface area contributed by atoms with Gasteiger partial charge in [0.1, 0.15) is 0 Å². The highest BCUT2D eigenvalue weighted by molar-refractivity contribution is 5.47. The Kier molecular flexibility index (Phi) is 4.18. The highest BCUT2D eigenvalue weighted by atomic mass is 16.6. The number of hydrogen-bond acceptors (Lipinski definition) is 4. The summed E-state index contributed by atoms with van der Waals surface area (Å²) < 4.78 is 0. The first-order chi connectivity index (χ1) is 8.01. The molecular formula is C12H15N3O2. The summed E-state index contributed by atoms with van der Waals surface area (Å²) in [6, 6.07) is 6.65. The molecule has 1 aromatic rings. The van der Waals surface area contributed by atoms with Crippen LogP contribution in [0.25, 0.3) is 0 Å². The first-order valence-electron chi connectivity index (χ1n) is 5.37. The van der Waals surface area contributed by atoms with Gasteiger partial charge in [-0.05, 0) is 25.5 Å². The van der Waals surface area contributed by atoms with Crippen molar-refractivity contribution in [2.24, 2.45) is 0 Å². The van der Waals surface area contributed by atoms with Gasteiger partial charge in [-0.15, -0.1) is 0 Å². The summed E-state index contributed by atoms with van der Waals surface area (Å²) in [5.74, 6) is 0.121. The zero-order chi connectivity index (χ0) is 13.0. The smallest absolute Gasteiger partial charge is 0.270 e. The molecule has 0 fully saturated rings. The fourth-order valence-corrected chi connectivity index (χ4v) is 1.67. The summed E-state index contributed by atoms with van der Waals surface area (Å²) in [5, 5.41) is 22.8. The van der Waals surface area contributed by atoms with Crippen molar-refractivity contribution in [1.82, 2.24) is 5.32 Å². The lowest BCUT2D eigenvalue weighted by Crippen LogP contribution is -2.27. The van der Waals surface area contributed by atoms with Gasteiger partial charge in [-0.1, -0.05) is 13.0 Å². The number of nitro groups is 1. The van der Waals surface area contributed by atoms with Gasteiger partial charge < -0.3 is 5.32 Å². The molecule has 0 saturated heterocycles. The van der Waals surface area contributed by atoms with Crippen molar-refractivity contribution in [1.29, 1.82) is 5.26 Å². The van der Waals surface area contributed by atoms with E-state index in [1.165, 1.54) is 12.1 Å². The van der Waals surface area contributed by atoms with Crippen LogP contribution in [0.3, 0.4) is 0 Å². The van der Waals surface area contributed by atoms with Gasteiger partial charge in [-0.25, -0.2) is 0 Å². The summed E-state index contributed by atoms with van der Waals surface area (Å²) >= 11 is 0. The third-order valence-electron chi connectivity index (χ3n) is 3.06. The maximum atomic E-state index is 10.6. The number of nitrogens with one attached hydrogen (secondary N) is 1. The van der Waals surface area contributed by atoms with Crippen LogP contribution < -0.4 is 5.32 Å². The van der Waals surface area contributed by atoms with E-state index in [9.17, 15) is 10.1 Å². The maximum Gasteiger partial charge on any atom is 0.270 e. The number of nitro benzene ring substituents is 1. The second kappa shape index (κ2) is 5.41. The first-order valence-corrected chi connectivity index (χ1v) is 5.37. The standard InChI is InChI=1S/C12H15N3O2/c1-8(9(2)14-3)12-5-4-11(15(16)17)6-10(12)7-13/h4-6,8-9,14H,1-3H3. The lowest BCUT2D eigenvalue weighted by atomic mass is 9.90. The fourth-order valence-electron chi connectivity index (χ4n) is 1.67. The minimum Gasteiger partial charge on any atom is -0.317 e. The molecule has 5 nitrogen and oxygen atoms in total. The Labute approximate surface area is 100 Å². The molecular weight excluding hydrogens is 218 g/mol. The molecule has 1 aromatic carbocycles. The van der Waals surface area contributed by atoms with Crippen LogP contribution in [0, 0.1) is 21.4 Å². The predicted molar refractivity (Wildman–Crippen MR) is 64.7 cm³/mol. The van der Waals surface area contributed by atoms with E-state index >= 15 is 0 Å². The number of rotatable bonds is 4. The van der Waals surface area contributed by atoms with Crippen molar-refractivity contribution in [3.05, 3.63) is 39.4 Å². The Morgan fingerprint density at radius 2 is 2.12 bits per heavy atom. The van der Waals surface area contributed by atoms with Crippen LogP contribution >= 0.6 is 0 Å². The van der Waals surface area contributed by atoms with Crippen LogP contribution in [0.2, 0.25) is 0 Å². The molecule has 1 N–H and O–H groups in total. The molecule has 0 aliphatic heterocycles. The Balaban J connectivity index is 3.18. The second-order valence-electron chi connectivity index (χ2n) is 4.01. The average molecular weight is 233 g/mol. The van der Waals surface area contributed by atoms with Crippen molar-refractivity contribution in [2.45, 2.75) is 25.8 Å². The Morgan fingerprint density at radius 3 is 2.59 bits per heavy atom. The van der Waals surface area contributed by atoms with Crippen molar-refractivity contribution in [3.8, 4) is 6.07 Å². The molecule has 90 valence electrons. The number of nitrogens with zero attached hydrogens (tertiary/aromatic N) is 2. The zero-order valence-electron chi connectivity index (χ0n) is 10.1. The summed E-state index contributed by atoms with van der Waals surface area (Å²) in [4.78, 5) is 10.1. The third kappa shape index (κ3) is 2.80. The number of likely N-dealkylation sites (N-methyl/N-ethyl adjacent to an activating group) is 1. The van der Waals surface area contributed by atoms with E-state index in [2.05, 4.69) is 5.32 Å². The maximum absolute atomic E-state index is 10.6. The lowest BCUT2D eigenvalue weighted by Gasteiger charge is -2.20. The van der Waals surface area contributed by atoms with Gasteiger partial charge >= 0.3 is 0 Å². The minimum atomic E-state index is -0.489. The Hall–Kier alpha value is -1.93. The number of hydrogen-bond donors (Lipinski definition) is 1. The van der Waals surface area contributed by atoms with Crippen LogP contribution in [0.4, 0.5) is 5.69 Å². The van der Waals surface area contributed by atoms with Crippen molar-refractivity contribution < 1.29 is 4.92 Å². The van der Waals surface area contributed by atoms with Gasteiger partial charge in [0, 0.05) is 18.2 Å². The van der Waals surface area contributed by atoms with Crippen molar-refractivity contribution >= 4 is 5.69 Å². The van der Waals surface area contributed by atoms with E-state index in [0.29, 0.717) is 5.56 Å². The van der Waals surface area contributed by atoms with Crippen LogP contribution in [-0.4, -0.2) is 18.0 Å². The molecule has 2 unspecified atom stereocenters. The normalized spacial score (nSPS) is 13.8. The minimum absolute atomic E-state index is 0.0467. The fraction of sp³-hybridized carbons (Fsp3) is 0.417. The molecule has 0 amide bonds. The average Bonchev–Trinajstić information content (AvgIpc) is 2.35. The van der Waals surface area contributed by atoms with Crippen molar-refractivity contribution in [2.75, 3.05) is 7.05 Å². The molecule has 0 spiro atoms. The van der Waals surface area contributed by atoms with E-state index in [1.807, 2.05) is 27.0 Å². The summed E-state index contributed by atoms with van der Waals surface area (Å²) in [5.41, 5.74) is 1.16. The van der Waals surface area contributed by atoms with Crippen LogP contribution in [0.15, 0.2) is 18.2 Å². The number of benzene rings is 1. The van der Waals surface area contributed by atoms with Gasteiger partial charge in [0.25, 0.3) is 5.69 Å². The van der Waals surface area contributed by atoms with E-state index < -0.39 is 4.92 Å². The first kappa shape index (κ1) is 13.1. The second-order valence-corrected chi connectivity index (χ2v) is 4.01. The van der Waals surface area contributed by atoms with Crippen LogP contribution in [0.5, 0.6) is 0 Å². The highest BCUT2D eigenvalue weighted by Crippen LogP contribution is 2.26. The monoisotopic (exact) mass is 233 g/mol. The van der Waals surface area contributed by atoms with Gasteiger partial charge in [-0.3, -0.25) is 10.1 Å². The molecule has 5 heteroatoms. The molecule has 1 rings (SSSR count). The molecule has 0 aliphatic carbocycles. The summed E-state index contributed by atoms with van der Waals surface area (Å²) in [7, 11) is 1.85. The molecule has 2 atom stereocenters. The van der Waals surface area contributed by atoms with Gasteiger partial charge in [-0.2, -0.15) is 5.26 Å². The third-order valence-corrected chi connectivity index (χ3v) is 3.06. The molecule has 0 aliphatic rings.